The molecule has 0 radical (unpaired) electrons. The summed E-state index contributed by atoms with van der Waals surface area (Å²) < 4.78 is 12.2. The summed E-state index contributed by atoms with van der Waals surface area (Å²) >= 11 is 0. The van der Waals surface area contributed by atoms with Gasteiger partial charge in [-0.05, 0) is 66.0 Å². The Morgan fingerprint density at radius 3 is 2.48 bits per heavy atom. The second kappa shape index (κ2) is 12.6. The number of guanidine groups is 1. The Morgan fingerprint density at radius 2 is 1.85 bits per heavy atom. The van der Waals surface area contributed by atoms with E-state index in [0.717, 1.165) is 50.5 Å². The van der Waals surface area contributed by atoms with E-state index in [0.29, 0.717) is 11.3 Å². The smallest absolute Gasteiger partial charge is 0.191 e. The van der Waals surface area contributed by atoms with Crippen LogP contribution in [0.5, 0.6) is 0 Å². The van der Waals surface area contributed by atoms with E-state index in [4.69, 9.17) is 4.99 Å². The van der Waals surface area contributed by atoms with Gasteiger partial charge in [0.1, 0.15) is 0 Å². The summed E-state index contributed by atoms with van der Waals surface area (Å²) in [7, 11) is -0.681. The minimum Gasteiger partial charge on any atom is -0.357 e. The number of nitrogens with zero attached hydrogens (tertiary/aromatic N) is 2. The molecule has 1 aliphatic carbocycles. The van der Waals surface area contributed by atoms with E-state index in [-0.39, 0.29) is 29.5 Å². The first-order valence-electron chi connectivity index (χ1n) is 10.6. The maximum Gasteiger partial charge on any atom is 0.191 e. The molecule has 0 aromatic carbocycles. The number of likely N-dealkylation sites (tertiary alicyclic amines) is 1. The number of nitrogens with one attached hydrogen (secondary N) is 2. The van der Waals surface area contributed by atoms with Gasteiger partial charge in [-0.2, -0.15) is 0 Å². The van der Waals surface area contributed by atoms with Gasteiger partial charge in [-0.25, -0.2) is 0 Å². The summed E-state index contributed by atoms with van der Waals surface area (Å²) in [5, 5.41) is 7.38. The highest BCUT2D eigenvalue weighted by molar-refractivity contribution is 14.0. The van der Waals surface area contributed by atoms with Crippen molar-refractivity contribution >= 4 is 40.7 Å². The van der Waals surface area contributed by atoms with Crippen molar-refractivity contribution in [1.82, 2.24) is 15.5 Å². The Bertz CT molecular complexity index is 481. The predicted octanol–water partition coefficient (Wildman–Crippen LogP) is 3.50. The molecule has 0 spiro atoms. The molecule has 0 aromatic heterocycles. The van der Waals surface area contributed by atoms with Crippen LogP contribution in [0.3, 0.4) is 0 Å². The van der Waals surface area contributed by atoms with Gasteiger partial charge < -0.3 is 10.6 Å². The van der Waals surface area contributed by atoms with Crippen LogP contribution in [0.15, 0.2) is 4.99 Å². The third kappa shape index (κ3) is 8.17. The van der Waals surface area contributed by atoms with Gasteiger partial charge in [0, 0.05) is 39.9 Å². The molecule has 1 aliphatic heterocycles. The van der Waals surface area contributed by atoms with Crippen LogP contribution in [0, 0.1) is 0 Å². The van der Waals surface area contributed by atoms with Crippen molar-refractivity contribution in [3.63, 3.8) is 0 Å². The topological polar surface area (TPSA) is 56.7 Å². The Morgan fingerprint density at radius 1 is 1.15 bits per heavy atom. The minimum atomic E-state index is -0.681. The molecule has 0 aromatic rings. The van der Waals surface area contributed by atoms with Crippen molar-refractivity contribution < 1.29 is 4.21 Å². The molecule has 1 saturated carbocycles. The van der Waals surface area contributed by atoms with Gasteiger partial charge in [-0.15, -0.1) is 24.0 Å². The molecule has 0 amide bonds. The molecule has 27 heavy (non-hydrogen) atoms. The normalized spacial score (nSPS) is 26.1. The van der Waals surface area contributed by atoms with E-state index in [1.807, 2.05) is 6.92 Å². The van der Waals surface area contributed by atoms with E-state index in [2.05, 4.69) is 36.3 Å². The Balaban J connectivity index is 0.00000364. The fraction of sp³-hybridized carbons (Fsp3) is 0.950. The van der Waals surface area contributed by atoms with Crippen molar-refractivity contribution in [1.29, 1.82) is 0 Å². The molecule has 2 rings (SSSR count). The van der Waals surface area contributed by atoms with Gasteiger partial charge in [-0.1, -0.05) is 19.8 Å². The summed E-state index contributed by atoms with van der Waals surface area (Å²) in [5.74, 6) is 1.70. The van der Waals surface area contributed by atoms with Crippen molar-refractivity contribution in [3.05, 3.63) is 0 Å². The highest BCUT2D eigenvalue weighted by Gasteiger charge is 2.29. The summed E-state index contributed by atoms with van der Waals surface area (Å²) in [5.41, 5.74) is 0.0988. The summed E-state index contributed by atoms with van der Waals surface area (Å²) in [6.45, 7) is 12.8. The first kappa shape index (κ1) is 25.1. The van der Waals surface area contributed by atoms with Gasteiger partial charge in [-0.3, -0.25) is 14.1 Å². The fourth-order valence-electron chi connectivity index (χ4n) is 4.14. The van der Waals surface area contributed by atoms with Gasteiger partial charge in [0.25, 0.3) is 0 Å². The fourth-order valence-corrected chi connectivity index (χ4v) is 5.48. The minimum absolute atomic E-state index is 0. The van der Waals surface area contributed by atoms with Crippen LogP contribution < -0.4 is 10.6 Å². The van der Waals surface area contributed by atoms with Crippen LogP contribution in [-0.2, 0) is 10.8 Å². The molecule has 160 valence electrons. The van der Waals surface area contributed by atoms with Crippen LogP contribution in [0.4, 0.5) is 0 Å². The number of hydrogen-bond donors (Lipinski definition) is 2. The van der Waals surface area contributed by atoms with Crippen molar-refractivity contribution in [2.24, 2.45) is 4.99 Å². The Hall–Kier alpha value is 0.110. The molecule has 3 unspecified atom stereocenters. The highest BCUT2D eigenvalue weighted by Crippen LogP contribution is 2.23. The zero-order valence-corrected chi connectivity index (χ0v) is 20.9. The monoisotopic (exact) mass is 512 g/mol. The second-order valence-electron chi connectivity index (χ2n) is 8.35. The molecule has 2 fully saturated rings. The van der Waals surface area contributed by atoms with Crippen molar-refractivity contribution in [2.45, 2.75) is 89.5 Å². The molecule has 7 heteroatoms. The average molecular weight is 513 g/mol. The largest absolute Gasteiger partial charge is 0.357 e. The molecule has 2 aliphatic rings. The third-order valence-electron chi connectivity index (χ3n) is 5.80. The van der Waals surface area contributed by atoms with E-state index in [9.17, 15) is 4.21 Å². The Labute approximate surface area is 186 Å². The van der Waals surface area contributed by atoms with Crippen LogP contribution in [0.2, 0.25) is 0 Å². The predicted molar refractivity (Wildman–Crippen MR) is 129 cm³/mol. The second-order valence-corrected chi connectivity index (χ2v) is 10.4. The Kier molecular flexibility index (Phi) is 11.8. The van der Waals surface area contributed by atoms with E-state index in [1.54, 1.807) is 0 Å². The molecule has 1 saturated heterocycles. The van der Waals surface area contributed by atoms with Gasteiger partial charge in [0.15, 0.2) is 5.96 Å². The third-order valence-corrected chi connectivity index (χ3v) is 7.54. The highest BCUT2D eigenvalue weighted by atomic mass is 127. The van der Waals surface area contributed by atoms with Gasteiger partial charge in [0.2, 0.25) is 0 Å². The maximum absolute atomic E-state index is 12.2. The number of halogens is 1. The maximum atomic E-state index is 12.2. The molecule has 0 bridgehead atoms. The van der Waals surface area contributed by atoms with Gasteiger partial charge in [0.05, 0.1) is 6.54 Å². The molecule has 2 N–H and O–H groups in total. The van der Waals surface area contributed by atoms with Crippen molar-refractivity contribution in [2.75, 3.05) is 31.9 Å². The molecule has 1 heterocycles. The lowest BCUT2D eigenvalue weighted by molar-refractivity contribution is 0.102. The lowest BCUT2D eigenvalue weighted by Gasteiger charge is -2.40. The molecular formula is C20H41IN4OS. The van der Waals surface area contributed by atoms with Gasteiger partial charge >= 0.3 is 0 Å². The van der Waals surface area contributed by atoms with E-state index >= 15 is 0 Å². The van der Waals surface area contributed by atoms with Crippen LogP contribution in [0.25, 0.3) is 0 Å². The number of rotatable bonds is 7. The number of aliphatic imine (C=N–C) groups is 1. The lowest BCUT2D eigenvalue weighted by Crippen LogP contribution is -2.50. The van der Waals surface area contributed by atoms with Crippen LogP contribution in [0.1, 0.15) is 72.6 Å². The zero-order valence-electron chi connectivity index (χ0n) is 17.8. The molecular weight excluding hydrogens is 471 g/mol. The quantitative estimate of drug-likeness (QED) is 0.312. The SMILES string of the molecule is CCNC(=NCC(C)(C)N1CCCCC1)NC1CCCC(S(=O)CC)C1.I. The zero-order chi connectivity index (χ0) is 19.0. The number of hydrogen-bond acceptors (Lipinski definition) is 3. The lowest BCUT2D eigenvalue weighted by atomic mass is 9.95. The summed E-state index contributed by atoms with van der Waals surface area (Å²) in [4.78, 5) is 7.51. The first-order chi connectivity index (χ1) is 12.5. The molecule has 3 atom stereocenters. The van der Waals surface area contributed by atoms with E-state index in [1.165, 1.54) is 32.4 Å². The number of piperidine rings is 1. The summed E-state index contributed by atoms with van der Waals surface area (Å²) in [6, 6.07) is 0.389. The van der Waals surface area contributed by atoms with Crippen LogP contribution >= 0.6 is 24.0 Å². The van der Waals surface area contributed by atoms with E-state index < -0.39 is 10.8 Å². The average Bonchev–Trinajstić information content (AvgIpc) is 2.66. The van der Waals surface area contributed by atoms with Crippen LogP contribution in [-0.4, -0.2) is 63.8 Å². The van der Waals surface area contributed by atoms with Crippen molar-refractivity contribution in [3.8, 4) is 0 Å². The first-order valence-corrected chi connectivity index (χ1v) is 12.0. The standard InChI is InChI=1S/C20H40N4OS.HI/c1-5-21-19(22-16-20(3,4)24-13-8-7-9-14-24)23-17-11-10-12-18(15-17)26(25)6-2;/h17-18H,5-16H2,1-4H3,(H2,21,22,23);1H. The summed E-state index contributed by atoms with van der Waals surface area (Å²) in [6.07, 6.45) is 8.40. The molecule has 5 nitrogen and oxygen atoms in total.